The number of hydrogen-bond acceptors (Lipinski definition) is 10. The minimum atomic E-state index is -1.61. The largest absolute Gasteiger partial charge is 0.394 e. The molecule has 2 heterocycles. The van der Waals surface area contributed by atoms with Crippen molar-refractivity contribution in [3.63, 3.8) is 0 Å². The van der Waals surface area contributed by atoms with Crippen LogP contribution in [-0.2, 0) is 14.2 Å². The van der Waals surface area contributed by atoms with Crippen LogP contribution in [0.2, 0.25) is 0 Å². The van der Waals surface area contributed by atoms with Crippen LogP contribution >= 0.6 is 0 Å². The van der Waals surface area contributed by atoms with E-state index in [1.54, 1.807) is 0 Å². The van der Waals surface area contributed by atoms with E-state index in [-0.39, 0.29) is 6.42 Å². The second kappa shape index (κ2) is 7.45. The highest BCUT2D eigenvalue weighted by molar-refractivity contribution is 4.90. The Morgan fingerprint density at radius 1 is 0.818 bits per heavy atom. The number of hydrogen-bond donors (Lipinski definition) is 7. The Kier molecular flexibility index (Phi) is 6.07. The molecular weight excluding hydrogens is 304 g/mol. The first-order chi connectivity index (χ1) is 10.4. The van der Waals surface area contributed by atoms with E-state index >= 15 is 0 Å². The van der Waals surface area contributed by atoms with Gasteiger partial charge in [0.25, 0.3) is 0 Å². The van der Waals surface area contributed by atoms with Crippen LogP contribution in [0.15, 0.2) is 0 Å². The molecule has 0 amide bonds. The maximum atomic E-state index is 9.86. The second-order valence-corrected chi connectivity index (χ2v) is 5.43. The Morgan fingerprint density at radius 2 is 1.50 bits per heavy atom. The lowest BCUT2D eigenvalue weighted by atomic mass is 9.98. The Balaban J connectivity index is 2.04. The molecule has 0 aromatic heterocycles. The summed E-state index contributed by atoms with van der Waals surface area (Å²) < 4.78 is 15.4. The van der Waals surface area contributed by atoms with Crippen molar-refractivity contribution in [3.05, 3.63) is 0 Å². The fourth-order valence-corrected chi connectivity index (χ4v) is 2.52. The molecule has 22 heavy (non-hydrogen) atoms. The first kappa shape index (κ1) is 17.9. The maximum Gasteiger partial charge on any atom is 0.187 e. The predicted octanol–water partition coefficient (Wildman–Crippen LogP) is -4.37. The van der Waals surface area contributed by atoms with E-state index in [1.807, 2.05) is 0 Å². The molecule has 5 unspecified atom stereocenters. The molecular formula is C12H22O10. The van der Waals surface area contributed by atoms with E-state index in [2.05, 4.69) is 0 Å². The van der Waals surface area contributed by atoms with Gasteiger partial charge in [0, 0.05) is 6.42 Å². The van der Waals surface area contributed by atoms with Gasteiger partial charge in [-0.2, -0.15) is 0 Å². The van der Waals surface area contributed by atoms with E-state index in [9.17, 15) is 25.5 Å². The molecule has 2 fully saturated rings. The number of aliphatic hydroxyl groups excluding tert-OH is 7. The molecule has 0 aliphatic carbocycles. The van der Waals surface area contributed by atoms with E-state index in [1.165, 1.54) is 0 Å². The number of ether oxygens (including phenoxy) is 3. The van der Waals surface area contributed by atoms with Crippen LogP contribution in [-0.4, -0.2) is 104 Å². The van der Waals surface area contributed by atoms with Gasteiger partial charge in [0.05, 0.1) is 25.4 Å². The summed E-state index contributed by atoms with van der Waals surface area (Å²) in [7, 11) is 0. The van der Waals surface area contributed by atoms with Gasteiger partial charge in [0.15, 0.2) is 12.6 Å². The fourth-order valence-electron chi connectivity index (χ4n) is 2.52. The fraction of sp³-hybridized carbons (Fsp3) is 1.00. The molecule has 2 aliphatic heterocycles. The van der Waals surface area contributed by atoms with Gasteiger partial charge in [-0.1, -0.05) is 0 Å². The molecule has 0 aromatic carbocycles. The highest BCUT2D eigenvalue weighted by atomic mass is 16.7. The normalized spacial score (nSPS) is 50.0. The van der Waals surface area contributed by atoms with Crippen molar-refractivity contribution >= 4 is 0 Å². The van der Waals surface area contributed by atoms with Crippen LogP contribution < -0.4 is 0 Å². The van der Waals surface area contributed by atoms with Crippen LogP contribution in [0.4, 0.5) is 0 Å². The molecule has 2 saturated heterocycles. The Labute approximate surface area is 126 Å². The van der Waals surface area contributed by atoms with E-state index in [0.29, 0.717) is 0 Å². The second-order valence-electron chi connectivity index (χ2n) is 5.43. The molecule has 0 radical (unpaired) electrons. The van der Waals surface area contributed by atoms with Gasteiger partial charge in [-0.15, -0.1) is 0 Å². The minimum Gasteiger partial charge on any atom is -0.394 e. The SMILES string of the molecule is OCC1C[C@H](O[C@@H]2OC(CO)[C@@H](O)[C@H](O)C2O)C(O)C(O)O1. The summed E-state index contributed by atoms with van der Waals surface area (Å²) in [6.45, 7) is -1.01. The zero-order chi connectivity index (χ0) is 16.4. The highest BCUT2D eigenvalue weighted by Gasteiger charge is 2.47. The van der Waals surface area contributed by atoms with Crippen molar-refractivity contribution in [2.75, 3.05) is 13.2 Å². The van der Waals surface area contributed by atoms with Gasteiger partial charge in [-0.25, -0.2) is 0 Å². The van der Waals surface area contributed by atoms with Gasteiger partial charge in [0.2, 0.25) is 0 Å². The molecule has 0 saturated carbocycles. The van der Waals surface area contributed by atoms with Crippen LogP contribution in [0.5, 0.6) is 0 Å². The van der Waals surface area contributed by atoms with Crippen molar-refractivity contribution in [1.29, 1.82) is 0 Å². The van der Waals surface area contributed by atoms with Crippen LogP contribution in [0.3, 0.4) is 0 Å². The van der Waals surface area contributed by atoms with Gasteiger partial charge < -0.3 is 50.0 Å². The summed E-state index contributed by atoms with van der Waals surface area (Å²) in [5, 5.41) is 66.7. The van der Waals surface area contributed by atoms with E-state index in [0.717, 1.165) is 0 Å². The third-order valence-electron chi connectivity index (χ3n) is 3.86. The molecule has 9 atom stereocenters. The quantitative estimate of drug-likeness (QED) is 0.268. The van der Waals surface area contributed by atoms with E-state index in [4.69, 9.17) is 24.4 Å². The average Bonchev–Trinajstić information content (AvgIpc) is 2.51. The van der Waals surface area contributed by atoms with E-state index < -0.39 is 68.5 Å². The third-order valence-corrected chi connectivity index (χ3v) is 3.86. The van der Waals surface area contributed by atoms with Gasteiger partial charge >= 0.3 is 0 Å². The van der Waals surface area contributed by atoms with Crippen molar-refractivity contribution in [2.24, 2.45) is 0 Å². The van der Waals surface area contributed by atoms with Crippen molar-refractivity contribution in [3.8, 4) is 0 Å². The summed E-state index contributed by atoms with van der Waals surface area (Å²) in [5.74, 6) is 0. The number of aliphatic hydroxyl groups is 7. The Hall–Kier alpha value is -0.400. The predicted molar refractivity (Wildman–Crippen MR) is 67.2 cm³/mol. The lowest BCUT2D eigenvalue weighted by Gasteiger charge is -2.43. The Bertz CT molecular complexity index is 353. The molecule has 0 spiro atoms. The first-order valence-electron chi connectivity index (χ1n) is 6.97. The lowest BCUT2D eigenvalue weighted by molar-refractivity contribution is -0.339. The van der Waals surface area contributed by atoms with Crippen LogP contribution in [0.1, 0.15) is 6.42 Å². The molecule has 7 N–H and O–H groups in total. The monoisotopic (exact) mass is 326 g/mol. The summed E-state index contributed by atoms with van der Waals surface area (Å²) in [4.78, 5) is 0. The molecule has 10 heteroatoms. The molecule has 2 aliphatic rings. The highest BCUT2D eigenvalue weighted by Crippen LogP contribution is 2.27. The topological polar surface area (TPSA) is 169 Å². The molecule has 0 bridgehead atoms. The first-order valence-corrected chi connectivity index (χ1v) is 6.97. The minimum absolute atomic E-state index is 0.0176. The summed E-state index contributed by atoms with van der Waals surface area (Å²) in [6.07, 6.45) is -12.1. The lowest BCUT2D eigenvalue weighted by Crippen LogP contribution is -2.61. The van der Waals surface area contributed by atoms with Crippen molar-refractivity contribution in [2.45, 2.75) is 61.7 Å². The van der Waals surface area contributed by atoms with Gasteiger partial charge in [-0.3, -0.25) is 0 Å². The van der Waals surface area contributed by atoms with Crippen LogP contribution in [0, 0.1) is 0 Å². The molecule has 10 nitrogen and oxygen atoms in total. The molecule has 130 valence electrons. The molecule has 0 aromatic rings. The summed E-state index contributed by atoms with van der Waals surface area (Å²) in [6, 6.07) is 0. The third kappa shape index (κ3) is 3.57. The Morgan fingerprint density at radius 3 is 2.09 bits per heavy atom. The maximum absolute atomic E-state index is 9.86. The zero-order valence-corrected chi connectivity index (χ0v) is 11.7. The zero-order valence-electron chi connectivity index (χ0n) is 11.7. The molecule has 2 rings (SSSR count). The van der Waals surface area contributed by atoms with Gasteiger partial charge in [0.1, 0.15) is 30.5 Å². The van der Waals surface area contributed by atoms with Crippen LogP contribution in [0.25, 0.3) is 0 Å². The summed E-state index contributed by atoms with van der Waals surface area (Å²) >= 11 is 0. The van der Waals surface area contributed by atoms with Gasteiger partial charge in [-0.05, 0) is 0 Å². The summed E-state index contributed by atoms with van der Waals surface area (Å²) in [5.41, 5.74) is 0. The standard InChI is InChI=1S/C12H22O10/c13-2-4-1-5(8(16)11(19)20-4)21-12-10(18)9(17)7(15)6(3-14)22-12/h4-19H,1-3H2/t4?,5-,6?,7+,8?,9-,10?,11?,12+/m0/s1. The average molecular weight is 326 g/mol. The number of rotatable bonds is 4. The smallest absolute Gasteiger partial charge is 0.187 e. The van der Waals surface area contributed by atoms with Crippen molar-refractivity contribution in [1.82, 2.24) is 0 Å². The van der Waals surface area contributed by atoms with Crippen molar-refractivity contribution < 1.29 is 50.0 Å².